The molecule has 0 atom stereocenters. The molecule has 2 rings (SSSR count). The van der Waals surface area contributed by atoms with Crippen molar-refractivity contribution in [1.29, 1.82) is 0 Å². The molecule has 2 aromatic heterocycles. The van der Waals surface area contributed by atoms with Gasteiger partial charge in [0, 0.05) is 37.9 Å². The third-order valence-corrected chi connectivity index (χ3v) is 3.11. The Kier molecular flexibility index (Phi) is 5.12. The first-order chi connectivity index (χ1) is 9.31. The fraction of sp³-hybridized carbons (Fsp3) is 0.286. The zero-order valence-corrected chi connectivity index (χ0v) is 11.4. The number of hydrogen-bond donors (Lipinski definition) is 1. The average Bonchev–Trinajstić information content (AvgIpc) is 2.45. The summed E-state index contributed by atoms with van der Waals surface area (Å²) in [5.74, 6) is 0. The molecule has 0 bridgehead atoms. The molecule has 2 heterocycles. The second kappa shape index (κ2) is 7.07. The van der Waals surface area contributed by atoms with Gasteiger partial charge in [0.2, 0.25) is 0 Å². The van der Waals surface area contributed by atoms with E-state index in [1.807, 2.05) is 18.3 Å². The Bertz CT molecular complexity index is 504. The minimum Gasteiger partial charge on any atom is -0.366 e. The summed E-state index contributed by atoms with van der Waals surface area (Å²) in [5.41, 5.74) is 7.73. The maximum Gasteiger partial charge on any atom is 0.0822 e. The molecule has 0 aromatic carbocycles. The topological polar surface area (TPSA) is 55.0 Å². The fourth-order valence-corrected chi connectivity index (χ4v) is 2.14. The predicted molar refractivity (Wildman–Crippen MR) is 78.2 cm³/mol. The van der Waals surface area contributed by atoms with Crippen LogP contribution in [0.4, 0.5) is 5.69 Å². The molecule has 0 aliphatic carbocycles. The minimum absolute atomic E-state index is 0.656. The van der Waals surface area contributed by atoms with Crippen LogP contribution in [0, 0.1) is 0 Å². The van der Waals surface area contributed by atoms with E-state index in [1.165, 1.54) is 0 Å². The zero-order valence-electron chi connectivity index (χ0n) is 10.7. The maximum atomic E-state index is 6.21. The highest BCUT2D eigenvalue weighted by Gasteiger charge is 2.10. The number of halogens is 1. The molecule has 0 radical (unpaired) electrons. The van der Waals surface area contributed by atoms with E-state index in [1.54, 1.807) is 18.6 Å². The van der Waals surface area contributed by atoms with E-state index < -0.39 is 0 Å². The number of rotatable bonds is 6. The Hall–Kier alpha value is -1.65. The van der Waals surface area contributed by atoms with E-state index in [0.717, 1.165) is 30.8 Å². The van der Waals surface area contributed by atoms with Crippen molar-refractivity contribution >= 4 is 17.3 Å². The Morgan fingerprint density at radius 3 is 2.68 bits per heavy atom. The molecule has 0 aliphatic heterocycles. The summed E-state index contributed by atoms with van der Waals surface area (Å²) < 4.78 is 0. The van der Waals surface area contributed by atoms with Gasteiger partial charge >= 0.3 is 0 Å². The van der Waals surface area contributed by atoms with Crippen LogP contribution in [0.15, 0.2) is 43.0 Å². The highest BCUT2D eigenvalue weighted by atomic mass is 35.5. The Labute approximate surface area is 118 Å². The van der Waals surface area contributed by atoms with E-state index >= 15 is 0 Å². The molecule has 0 unspecified atom stereocenters. The van der Waals surface area contributed by atoms with Crippen LogP contribution in [0.25, 0.3) is 0 Å². The Morgan fingerprint density at radius 2 is 2.00 bits per heavy atom. The molecule has 0 aliphatic rings. The first-order valence-electron chi connectivity index (χ1n) is 6.24. The third-order valence-electron chi connectivity index (χ3n) is 2.82. The van der Waals surface area contributed by atoms with Crippen molar-refractivity contribution in [3.8, 4) is 0 Å². The third kappa shape index (κ3) is 3.91. The van der Waals surface area contributed by atoms with E-state index in [2.05, 4.69) is 20.9 Å². The lowest BCUT2D eigenvalue weighted by atomic mass is 10.2. The Morgan fingerprint density at radius 1 is 1.16 bits per heavy atom. The van der Waals surface area contributed by atoms with E-state index in [4.69, 9.17) is 17.3 Å². The van der Waals surface area contributed by atoms with Crippen molar-refractivity contribution in [3.05, 3.63) is 53.6 Å². The van der Waals surface area contributed by atoms with Gasteiger partial charge in [-0.1, -0.05) is 17.7 Å². The molecule has 2 aromatic rings. The SMILES string of the molecule is NCCCN(Cc1cccnc1)c1ccncc1Cl. The minimum atomic E-state index is 0.656. The molecular weight excluding hydrogens is 260 g/mol. The van der Waals surface area contributed by atoms with Gasteiger partial charge < -0.3 is 10.6 Å². The molecule has 0 saturated carbocycles. The molecule has 19 heavy (non-hydrogen) atoms. The van der Waals surface area contributed by atoms with Gasteiger partial charge in [0.1, 0.15) is 0 Å². The molecule has 0 spiro atoms. The standard InChI is InChI=1S/C14H17ClN4/c15-13-10-18-7-4-14(13)19(8-2-5-16)11-12-3-1-6-17-9-12/h1,3-4,6-7,9-10H,2,5,8,11,16H2. The summed E-state index contributed by atoms with van der Waals surface area (Å²) in [6.45, 7) is 2.28. The summed E-state index contributed by atoms with van der Waals surface area (Å²) in [7, 11) is 0. The predicted octanol–water partition coefficient (Wildman–Crippen LogP) is 2.49. The first-order valence-corrected chi connectivity index (χ1v) is 6.62. The van der Waals surface area contributed by atoms with Gasteiger partial charge in [-0.15, -0.1) is 0 Å². The average molecular weight is 277 g/mol. The number of anilines is 1. The van der Waals surface area contributed by atoms with Gasteiger partial charge in [-0.05, 0) is 30.7 Å². The van der Waals surface area contributed by atoms with Crippen LogP contribution in [0.1, 0.15) is 12.0 Å². The van der Waals surface area contributed by atoms with Crippen molar-refractivity contribution in [2.24, 2.45) is 5.73 Å². The fourth-order valence-electron chi connectivity index (χ4n) is 1.90. The molecule has 0 fully saturated rings. The van der Waals surface area contributed by atoms with Crippen LogP contribution >= 0.6 is 11.6 Å². The van der Waals surface area contributed by atoms with Crippen molar-refractivity contribution in [2.45, 2.75) is 13.0 Å². The van der Waals surface area contributed by atoms with E-state index in [9.17, 15) is 0 Å². The lowest BCUT2D eigenvalue weighted by molar-refractivity contribution is 0.734. The highest BCUT2D eigenvalue weighted by Crippen LogP contribution is 2.25. The van der Waals surface area contributed by atoms with Crippen molar-refractivity contribution in [2.75, 3.05) is 18.0 Å². The number of nitrogens with zero attached hydrogens (tertiary/aromatic N) is 3. The summed E-state index contributed by atoms with van der Waals surface area (Å²) in [6.07, 6.45) is 7.96. The summed E-state index contributed by atoms with van der Waals surface area (Å²) in [6, 6.07) is 5.91. The largest absolute Gasteiger partial charge is 0.366 e. The smallest absolute Gasteiger partial charge is 0.0822 e. The monoisotopic (exact) mass is 276 g/mol. The number of hydrogen-bond acceptors (Lipinski definition) is 4. The molecule has 5 heteroatoms. The van der Waals surface area contributed by atoms with E-state index in [0.29, 0.717) is 11.6 Å². The van der Waals surface area contributed by atoms with E-state index in [-0.39, 0.29) is 0 Å². The Balaban J connectivity index is 2.19. The second-order valence-corrected chi connectivity index (χ2v) is 4.66. The summed E-state index contributed by atoms with van der Waals surface area (Å²) in [5, 5.41) is 0.656. The van der Waals surface area contributed by atoms with Crippen LogP contribution in [0.5, 0.6) is 0 Å². The van der Waals surface area contributed by atoms with Crippen LogP contribution in [-0.2, 0) is 6.54 Å². The van der Waals surface area contributed by atoms with Gasteiger partial charge in [-0.25, -0.2) is 0 Å². The molecule has 2 N–H and O–H groups in total. The van der Waals surface area contributed by atoms with Crippen molar-refractivity contribution < 1.29 is 0 Å². The number of pyridine rings is 2. The van der Waals surface area contributed by atoms with Gasteiger partial charge in [-0.2, -0.15) is 0 Å². The van der Waals surface area contributed by atoms with Gasteiger partial charge in [-0.3, -0.25) is 9.97 Å². The lowest BCUT2D eigenvalue weighted by Gasteiger charge is -2.25. The summed E-state index contributed by atoms with van der Waals surface area (Å²) in [4.78, 5) is 10.4. The van der Waals surface area contributed by atoms with Crippen molar-refractivity contribution in [1.82, 2.24) is 9.97 Å². The lowest BCUT2D eigenvalue weighted by Crippen LogP contribution is -2.26. The summed E-state index contributed by atoms with van der Waals surface area (Å²) >= 11 is 6.21. The van der Waals surface area contributed by atoms with Gasteiger partial charge in [0.15, 0.2) is 0 Å². The van der Waals surface area contributed by atoms with Crippen molar-refractivity contribution in [3.63, 3.8) is 0 Å². The second-order valence-electron chi connectivity index (χ2n) is 4.25. The number of aromatic nitrogens is 2. The molecular formula is C14H17ClN4. The molecule has 0 saturated heterocycles. The quantitative estimate of drug-likeness (QED) is 0.881. The van der Waals surface area contributed by atoms with Crippen LogP contribution in [0.2, 0.25) is 5.02 Å². The van der Waals surface area contributed by atoms with Gasteiger partial charge in [0.25, 0.3) is 0 Å². The zero-order chi connectivity index (χ0) is 13.5. The van der Waals surface area contributed by atoms with Crippen LogP contribution < -0.4 is 10.6 Å². The number of nitrogens with two attached hydrogens (primary N) is 1. The van der Waals surface area contributed by atoms with Gasteiger partial charge in [0.05, 0.1) is 10.7 Å². The first kappa shape index (κ1) is 13.8. The maximum absolute atomic E-state index is 6.21. The normalized spacial score (nSPS) is 10.4. The molecule has 100 valence electrons. The highest BCUT2D eigenvalue weighted by molar-refractivity contribution is 6.33. The molecule has 0 amide bonds. The van der Waals surface area contributed by atoms with Crippen LogP contribution in [0.3, 0.4) is 0 Å². The molecule has 4 nitrogen and oxygen atoms in total. The van der Waals surface area contributed by atoms with Crippen LogP contribution in [-0.4, -0.2) is 23.1 Å².